The van der Waals surface area contributed by atoms with Gasteiger partial charge in [-0.1, -0.05) is 12.1 Å². The van der Waals surface area contributed by atoms with E-state index in [-0.39, 0.29) is 23.4 Å². The van der Waals surface area contributed by atoms with Crippen molar-refractivity contribution in [2.45, 2.75) is 64.3 Å². The molecule has 228 valence electrons. The minimum absolute atomic E-state index is 0.146. The van der Waals surface area contributed by atoms with Crippen molar-refractivity contribution in [3.8, 4) is 11.1 Å². The molecule has 3 N–H and O–H groups in total. The molecule has 3 aromatic heterocycles. The zero-order valence-corrected chi connectivity index (χ0v) is 25.7. The molecule has 2 amide bonds. The Balaban J connectivity index is 1.28. The van der Waals surface area contributed by atoms with Crippen LogP contribution in [0.3, 0.4) is 0 Å². The first-order valence-corrected chi connectivity index (χ1v) is 15.8. The first-order chi connectivity index (χ1) is 21.2. The molecule has 12 heteroatoms. The Kier molecular flexibility index (Phi) is 8.35. The molecular formula is C32H36N8O3S. The van der Waals surface area contributed by atoms with Crippen LogP contribution in [0.4, 0.5) is 5.95 Å². The fraction of sp³-hybridized carbons (Fsp3) is 0.406. The lowest BCUT2D eigenvalue weighted by Crippen LogP contribution is -2.39. The normalized spacial score (nSPS) is 17.3. The second-order valence-electron chi connectivity index (χ2n) is 12.2. The van der Waals surface area contributed by atoms with E-state index in [0.29, 0.717) is 48.4 Å². The first kappa shape index (κ1) is 29.7. The van der Waals surface area contributed by atoms with Crippen LogP contribution in [0.5, 0.6) is 0 Å². The first-order valence-electron chi connectivity index (χ1n) is 14.9. The van der Waals surface area contributed by atoms with Gasteiger partial charge in [-0.25, -0.2) is 9.67 Å². The second kappa shape index (κ2) is 12.4. The number of imidazole rings is 1. The highest BCUT2D eigenvalue weighted by Gasteiger charge is 2.33. The number of nitrogens with zero attached hydrogens (tertiary/aromatic N) is 6. The van der Waals surface area contributed by atoms with Crippen molar-refractivity contribution in [3.05, 3.63) is 70.9 Å². The molecule has 6 rings (SSSR count). The van der Waals surface area contributed by atoms with Gasteiger partial charge < -0.3 is 19.9 Å². The summed E-state index contributed by atoms with van der Waals surface area (Å²) in [6.45, 7) is 5.51. The van der Waals surface area contributed by atoms with Crippen LogP contribution in [0.15, 0.2) is 60.4 Å². The van der Waals surface area contributed by atoms with Gasteiger partial charge >= 0.3 is 0 Å². The molecule has 2 aliphatic rings. The lowest BCUT2D eigenvalue weighted by atomic mass is 10.1. The van der Waals surface area contributed by atoms with Crippen LogP contribution in [0.25, 0.3) is 16.0 Å². The number of allylic oxidation sites excluding steroid dienone is 1. The average molecular weight is 613 g/mol. The maximum absolute atomic E-state index is 13.4. The van der Waals surface area contributed by atoms with Crippen molar-refractivity contribution in [1.82, 2.24) is 29.5 Å². The zero-order chi connectivity index (χ0) is 30.8. The SMILES string of the molecule is CC(C)(O)CNCc1ccc2c(c1)nc(NC(=O)c1ccc(-n3cccn3)s1)n2C[C@H]1CCCN1C(=O)/C(C#N)=C\C1CC1. The molecule has 1 atom stereocenters. The number of nitriles is 1. The molecule has 1 aromatic carbocycles. The minimum Gasteiger partial charge on any atom is -0.389 e. The van der Waals surface area contributed by atoms with E-state index in [2.05, 4.69) is 21.8 Å². The number of thiophene rings is 1. The van der Waals surface area contributed by atoms with Gasteiger partial charge in [0.2, 0.25) is 5.95 Å². The monoisotopic (exact) mass is 612 g/mol. The molecule has 0 spiro atoms. The van der Waals surface area contributed by atoms with Crippen LogP contribution in [0.1, 0.15) is 54.8 Å². The van der Waals surface area contributed by atoms with Crippen LogP contribution in [-0.4, -0.2) is 65.9 Å². The van der Waals surface area contributed by atoms with Gasteiger partial charge in [-0.3, -0.25) is 14.9 Å². The summed E-state index contributed by atoms with van der Waals surface area (Å²) in [4.78, 5) is 34.0. The Morgan fingerprint density at radius 1 is 1.23 bits per heavy atom. The smallest absolute Gasteiger partial charge is 0.268 e. The van der Waals surface area contributed by atoms with Gasteiger partial charge in [0.1, 0.15) is 16.6 Å². The minimum atomic E-state index is -0.827. The summed E-state index contributed by atoms with van der Waals surface area (Å²) in [5.74, 6) is 0.221. The fourth-order valence-electron chi connectivity index (χ4n) is 5.53. The molecule has 2 fully saturated rings. The second-order valence-corrected chi connectivity index (χ2v) is 13.2. The van der Waals surface area contributed by atoms with Crippen LogP contribution in [0.2, 0.25) is 0 Å². The van der Waals surface area contributed by atoms with Crippen molar-refractivity contribution in [3.63, 3.8) is 0 Å². The molecule has 0 unspecified atom stereocenters. The summed E-state index contributed by atoms with van der Waals surface area (Å²) in [7, 11) is 0. The van der Waals surface area contributed by atoms with E-state index in [4.69, 9.17) is 4.98 Å². The highest BCUT2D eigenvalue weighted by molar-refractivity contribution is 7.16. The summed E-state index contributed by atoms with van der Waals surface area (Å²) in [5.41, 5.74) is 1.94. The molecule has 1 saturated carbocycles. The Morgan fingerprint density at radius 3 is 2.80 bits per heavy atom. The van der Waals surface area contributed by atoms with Crippen LogP contribution in [0, 0.1) is 17.2 Å². The number of aromatic nitrogens is 4. The molecule has 4 aromatic rings. The van der Waals surface area contributed by atoms with Crippen molar-refractivity contribution < 1.29 is 14.7 Å². The van der Waals surface area contributed by atoms with Crippen molar-refractivity contribution in [1.29, 1.82) is 5.26 Å². The Hall–Kier alpha value is -4.31. The summed E-state index contributed by atoms with van der Waals surface area (Å²) in [6.07, 6.45) is 9.01. The van der Waals surface area contributed by atoms with Gasteiger partial charge in [0, 0.05) is 38.6 Å². The lowest BCUT2D eigenvalue weighted by molar-refractivity contribution is -0.127. The summed E-state index contributed by atoms with van der Waals surface area (Å²) in [6, 6.07) is 13.4. The molecule has 44 heavy (non-hydrogen) atoms. The predicted octanol–water partition coefficient (Wildman–Crippen LogP) is 4.25. The van der Waals surface area contributed by atoms with Crippen molar-refractivity contribution in [2.75, 3.05) is 18.4 Å². The molecule has 4 heterocycles. The maximum atomic E-state index is 13.4. The van der Waals surface area contributed by atoms with E-state index in [0.717, 1.165) is 41.8 Å². The van der Waals surface area contributed by atoms with Gasteiger partial charge in [-0.15, -0.1) is 11.3 Å². The fourth-order valence-corrected chi connectivity index (χ4v) is 6.37. The van der Waals surface area contributed by atoms with E-state index in [1.165, 1.54) is 11.3 Å². The highest BCUT2D eigenvalue weighted by atomic mass is 32.1. The van der Waals surface area contributed by atoms with Gasteiger partial charge in [0.25, 0.3) is 11.8 Å². The lowest BCUT2D eigenvalue weighted by Gasteiger charge is -2.26. The largest absolute Gasteiger partial charge is 0.389 e. The topological polar surface area (TPSA) is 141 Å². The number of nitrogens with one attached hydrogen (secondary N) is 2. The number of hydrogen-bond acceptors (Lipinski definition) is 8. The summed E-state index contributed by atoms with van der Waals surface area (Å²) < 4.78 is 3.68. The zero-order valence-electron chi connectivity index (χ0n) is 24.9. The number of aliphatic hydroxyl groups is 1. The third-order valence-corrected chi connectivity index (χ3v) is 8.95. The molecule has 1 aliphatic heterocycles. The quantitative estimate of drug-likeness (QED) is 0.170. The van der Waals surface area contributed by atoms with Crippen molar-refractivity contribution >= 4 is 40.1 Å². The van der Waals surface area contributed by atoms with Crippen LogP contribution < -0.4 is 10.6 Å². The molecule has 1 saturated heterocycles. The third-order valence-electron chi connectivity index (χ3n) is 7.88. The number of likely N-dealkylation sites (tertiary alicyclic amines) is 1. The van der Waals surface area contributed by atoms with Gasteiger partial charge in [0.15, 0.2) is 0 Å². The van der Waals surface area contributed by atoms with E-state index < -0.39 is 5.60 Å². The van der Waals surface area contributed by atoms with Gasteiger partial charge in [-0.2, -0.15) is 10.4 Å². The maximum Gasteiger partial charge on any atom is 0.268 e. The number of carbonyl (C=O) groups is 2. The number of hydrogen-bond donors (Lipinski definition) is 3. The molecule has 0 bridgehead atoms. The van der Waals surface area contributed by atoms with Crippen LogP contribution >= 0.6 is 11.3 Å². The standard InChI is InChI=1S/C32H36N8O3S/c1-32(2,43)20-34-18-22-8-9-26-25(16-22)36-31(37-29(41)27-10-11-28(44-27)40-14-4-12-35-40)39(26)19-24-5-3-13-38(24)30(42)23(17-33)15-21-6-7-21/h4,8-12,14-16,21,24,34,43H,3,5-7,13,18-20H2,1-2H3,(H,36,37,41)/b23-15-/t24-/m1/s1. The summed E-state index contributed by atoms with van der Waals surface area (Å²) in [5, 5.41) is 31.1. The van der Waals surface area contributed by atoms with E-state index >= 15 is 0 Å². The number of carbonyl (C=O) groups excluding carboxylic acids is 2. The predicted molar refractivity (Wildman–Crippen MR) is 168 cm³/mol. The van der Waals surface area contributed by atoms with Crippen LogP contribution in [-0.2, 0) is 17.9 Å². The van der Waals surface area contributed by atoms with Crippen molar-refractivity contribution in [2.24, 2.45) is 5.92 Å². The number of rotatable bonds is 11. The van der Waals surface area contributed by atoms with E-state index in [1.54, 1.807) is 35.7 Å². The Bertz CT molecular complexity index is 1740. The van der Waals surface area contributed by atoms with E-state index in [1.807, 2.05) is 47.2 Å². The number of fused-ring (bicyclic) bond motifs is 1. The number of amides is 2. The van der Waals surface area contributed by atoms with Gasteiger partial charge in [-0.05, 0) is 81.3 Å². The number of anilines is 1. The molecule has 1 aliphatic carbocycles. The van der Waals surface area contributed by atoms with Gasteiger partial charge in [0.05, 0.1) is 27.6 Å². The molecular weight excluding hydrogens is 576 g/mol. The highest BCUT2D eigenvalue weighted by Crippen LogP contribution is 2.33. The third kappa shape index (κ3) is 6.75. The molecule has 11 nitrogen and oxygen atoms in total. The summed E-state index contributed by atoms with van der Waals surface area (Å²) >= 11 is 1.33. The Morgan fingerprint density at radius 2 is 2.07 bits per heavy atom. The molecule has 0 radical (unpaired) electrons. The van der Waals surface area contributed by atoms with E-state index in [9.17, 15) is 20.0 Å². The Labute approximate surface area is 259 Å². The number of benzene rings is 1. The average Bonchev–Trinajstić information content (AvgIpc) is 3.44.